The van der Waals surface area contributed by atoms with Gasteiger partial charge < -0.3 is 45.7 Å². The molecule has 1 aromatic carbocycles. The van der Waals surface area contributed by atoms with E-state index in [1.54, 1.807) is 0 Å². The highest BCUT2D eigenvalue weighted by molar-refractivity contribution is 6.02. The van der Waals surface area contributed by atoms with Gasteiger partial charge in [-0.25, -0.2) is 9.18 Å². The largest absolute Gasteiger partial charge is 0.456 e. The summed E-state index contributed by atoms with van der Waals surface area (Å²) in [5, 5.41) is 43.6. The maximum Gasteiger partial charge on any atom is 0.330 e. The number of hydrogen-bond acceptors (Lipinski definition) is 11. The number of halogens is 1. The van der Waals surface area contributed by atoms with E-state index in [0.717, 1.165) is 35.0 Å². The lowest BCUT2D eigenvalue weighted by Crippen LogP contribution is -2.52. The number of aliphatic hydroxyl groups excluding tert-OH is 4. The van der Waals surface area contributed by atoms with E-state index in [1.165, 1.54) is 12.1 Å². The number of aromatic amines is 1. The number of carbonyl (C=O) groups excluding carboxylic acids is 2. The molecule has 2 aliphatic heterocycles. The van der Waals surface area contributed by atoms with Crippen LogP contribution in [0.4, 0.5) is 10.1 Å². The van der Waals surface area contributed by atoms with E-state index < -0.39 is 90.2 Å². The van der Waals surface area contributed by atoms with Gasteiger partial charge in [-0.1, -0.05) is 6.07 Å². The summed E-state index contributed by atoms with van der Waals surface area (Å²) in [4.78, 5) is 50.6. The monoisotopic (exact) mass is 552 g/mol. The fourth-order valence-corrected chi connectivity index (χ4v) is 4.21. The van der Waals surface area contributed by atoms with E-state index in [1.807, 2.05) is 4.98 Å². The van der Waals surface area contributed by atoms with Crippen LogP contribution >= 0.6 is 0 Å². The number of nitrogens with two attached hydrogens (primary N) is 1. The van der Waals surface area contributed by atoms with Crippen LogP contribution in [-0.4, -0.2) is 85.2 Å². The van der Waals surface area contributed by atoms with Gasteiger partial charge in [-0.05, 0) is 24.3 Å². The molecule has 8 N–H and O–H groups in total. The molecule has 2 aliphatic rings. The Morgan fingerprint density at radius 1 is 1.21 bits per heavy atom. The Morgan fingerprint density at radius 3 is 2.59 bits per heavy atom. The molecule has 39 heavy (non-hydrogen) atoms. The molecular weight excluding hydrogens is 527 g/mol. The van der Waals surface area contributed by atoms with Crippen LogP contribution in [0.2, 0.25) is 0 Å². The average molecular weight is 552 g/mol. The Morgan fingerprint density at radius 2 is 1.95 bits per heavy atom. The van der Waals surface area contributed by atoms with Gasteiger partial charge in [0.05, 0.1) is 6.61 Å². The third-order valence-corrected chi connectivity index (χ3v) is 6.15. The van der Waals surface area contributed by atoms with E-state index in [2.05, 4.69) is 5.32 Å². The standard InChI is InChI=1S/C23H25FN4O11/c24-9-2-1-3-10(6-9)26-20(35)13-7-12(30)16(33)22(37-13)39-18(19(25)34)17-11(8-29)15(32)21(38-17)28-5-4-14(31)27-23(28)36/h1-7,11-12,15-18,21-22,29-30,32-33H,8H2,(H2,25,34)(H,26,35)(H,27,31,36)/t11-,12-,15+,16-,17-,18+,21+,22+/m0/s1. The number of carbonyl (C=O) groups is 2. The van der Waals surface area contributed by atoms with Crippen molar-refractivity contribution >= 4 is 17.5 Å². The SMILES string of the molecule is NC(=O)[C@H](O[C@H]1OC(C(=O)Nc2cccc(F)c2)=C[C@H](O)[C@@H]1O)[C@H]1O[C@@H](n2ccc(=O)[nH]c2=O)[C@H](O)[C@@H]1CO. The van der Waals surface area contributed by atoms with Crippen molar-refractivity contribution in [3.8, 4) is 0 Å². The third kappa shape index (κ3) is 5.90. The number of amides is 2. The zero-order chi connectivity index (χ0) is 28.4. The maximum absolute atomic E-state index is 13.5. The van der Waals surface area contributed by atoms with Crippen molar-refractivity contribution in [3.63, 3.8) is 0 Å². The van der Waals surface area contributed by atoms with Gasteiger partial charge in [0.25, 0.3) is 11.5 Å². The summed E-state index contributed by atoms with van der Waals surface area (Å²) in [6.45, 7) is -0.772. The predicted octanol–water partition coefficient (Wildman–Crippen LogP) is -2.99. The number of aliphatic hydroxyl groups is 4. The van der Waals surface area contributed by atoms with Crippen LogP contribution in [-0.2, 0) is 23.8 Å². The van der Waals surface area contributed by atoms with Gasteiger partial charge >= 0.3 is 5.69 Å². The molecule has 210 valence electrons. The van der Waals surface area contributed by atoms with Crippen molar-refractivity contribution in [2.75, 3.05) is 11.9 Å². The van der Waals surface area contributed by atoms with Gasteiger partial charge in [0.15, 0.2) is 18.1 Å². The molecule has 16 heteroatoms. The number of primary amides is 1. The first-order chi connectivity index (χ1) is 18.5. The summed E-state index contributed by atoms with van der Waals surface area (Å²) >= 11 is 0. The Hall–Kier alpha value is -3.93. The van der Waals surface area contributed by atoms with Crippen molar-refractivity contribution in [1.29, 1.82) is 0 Å². The second-order valence-corrected chi connectivity index (χ2v) is 8.77. The first-order valence-corrected chi connectivity index (χ1v) is 11.5. The summed E-state index contributed by atoms with van der Waals surface area (Å²) in [5.41, 5.74) is 3.86. The Labute approximate surface area is 217 Å². The second-order valence-electron chi connectivity index (χ2n) is 8.77. The molecule has 3 heterocycles. The number of aromatic nitrogens is 2. The molecule has 0 spiro atoms. The lowest BCUT2D eigenvalue weighted by atomic mass is 9.94. The topological polar surface area (TPSA) is 236 Å². The fraction of sp³-hybridized carbons (Fsp3) is 0.391. The summed E-state index contributed by atoms with van der Waals surface area (Å²) in [6, 6.07) is 5.88. The van der Waals surface area contributed by atoms with Gasteiger partial charge in [0, 0.05) is 23.9 Å². The van der Waals surface area contributed by atoms with Gasteiger partial charge in [-0.3, -0.25) is 23.9 Å². The lowest BCUT2D eigenvalue weighted by molar-refractivity contribution is -0.239. The average Bonchev–Trinajstić information content (AvgIpc) is 3.19. The quantitative estimate of drug-likeness (QED) is 0.174. The van der Waals surface area contributed by atoms with Crippen LogP contribution in [0.25, 0.3) is 0 Å². The molecule has 2 amide bonds. The molecule has 1 aromatic heterocycles. The first kappa shape index (κ1) is 28.1. The van der Waals surface area contributed by atoms with E-state index in [-0.39, 0.29) is 5.69 Å². The van der Waals surface area contributed by atoms with Crippen molar-refractivity contribution in [3.05, 3.63) is 75.0 Å². The van der Waals surface area contributed by atoms with Gasteiger partial charge in [-0.2, -0.15) is 0 Å². The van der Waals surface area contributed by atoms with E-state index in [9.17, 15) is 44.0 Å². The van der Waals surface area contributed by atoms with Gasteiger partial charge in [0.1, 0.15) is 30.2 Å². The zero-order valence-corrected chi connectivity index (χ0v) is 19.9. The van der Waals surface area contributed by atoms with Crippen molar-refractivity contribution < 1.29 is 48.6 Å². The van der Waals surface area contributed by atoms with Crippen molar-refractivity contribution in [2.24, 2.45) is 11.7 Å². The number of nitrogens with one attached hydrogen (secondary N) is 2. The van der Waals surface area contributed by atoms with Crippen molar-refractivity contribution in [2.45, 2.75) is 43.0 Å². The molecule has 1 saturated heterocycles. The molecule has 1 fully saturated rings. The minimum Gasteiger partial charge on any atom is -0.456 e. The highest BCUT2D eigenvalue weighted by Crippen LogP contribution is 2.36. The van der Waals surface area contributed by atoms with E-state index in [4.69, 9.17) is 19.9 Å². The Bertz CT molecular complexity index is 1380. The van der Waals surface area contributed by atoms with Crippen LogP contribution in [0.5, 0.6) is 0 Å². The number of nitrogens with zero attached hydrogens (tertiary/aromatic N) is 1. The Kier molecular flexibility index (Phi) is 8.24. The smallest absolute Gasteiger partial charge is 0.330 e. The van der Waals surface area contributed by atoms with Crippen LogP contribution in [0, 0.1) is 11.7 Å². The molecule has 0 radical (unpaired) electrons. The van der Waals surface area contributed by atoms with Crippen LogP contribution < -0.4 is 22.3 Å². The summed E-state index contributed by atoms with van der Waals surface area (Å²) in [7, 11) is 0. The minimum atomic E-state index is -1.88. The number of H-pyrrole nitrogens is 1. The maximum atomic E-state index is 13.5. The van der Waals surface area contributed by atoms with Crippen LogP contribution in [0.3, 0.4) is 0 Å². The minimum absolute atomic E-state index is 0.0558. The summed E-state index contributed by atoms with van der Waals surface area (Å²) in [6.07, 6.45) is -10.00. The normalized spacial score (nSPS) is 29.3. The third-order valence-electron chi connectivity index (χ3n) is 6.15. The molecule has 2 aromatic rings. The fourth-order valence-electron chi connectivity index (χ4n) is 4.21. The predicted molar refractivity (Wildman–Crippen MR) is 126 cm³/mol. The summed E-state index contributed by atoms with van der Waals surface area (Å²) < 4.78 is 30.8. The molecular formula is C23H25FN4O11. The van der Waals surface area contributed by atoms with Gasteiger partial charge in [0.2, 0.25) is 12.2 Å². The summed E-state index contributed by atoms with van der Waals surface area (Å²) in [5.74, 6) is -4.59. The second kappa shape index (κ2) is 11.4. The number of hydrogen-bond donors (Lipinski definition) is 7. The van der Waals surface area contributed by atoms with Crippen LogP contribution in [0.1, 0.15) is 6.23 Å². The molecule has 4 rings (SSSR count). The zero-order valence-electron chi connectivity index (χ0n) is 19.9. The molecule has 15 nitrogen and oxygen atoms in total. The Balaban J connectivity index is 1.55. The molecule has 8 atom stereocenters. The van der Waals surface area contributed by atoms with Gasteiger partial charge in [-0.15, -0.1) is 0 Å². The molecule has 0 bridgehead atoms. The first-order valence-electron chi connectivity index (χ1n) is 11.5. The highest BCUT2D eigenvalue weighted by atomic mass is 19.1. The van der Waals surface area contributed by atoms with E-state index >= 15 is 0 Å². The highest BCUT2D eigenvalue weighted by Gasteiger charge is 2.51. The number of rotatable bonds is 8. The van der Waals surface area contributed by atoms with Crippen molar-refractivity contribution in [1.82, 2.24) is 9.55 Å². The molecule has 0 unspecified atom stereocenters. The lowest BCUT2D eigenvalue weighted by Gasteiger charge is -2.35. The number of ether oxygens (including phenoxy) is 3. The van der Waals surface area contributed by atoms with E-state index in [0.29, 0.717) is 0 Å². The molecule has 0 saturated carbocycles. The molecule has 0 aliphatic carbocycles. The number of benzene rings is 1. The van der Waals surface area contributed by atoms with Crippen LogP contribution in [0.15, 0.2) is 58.0 Å². The number of anilines is 1.